The van der Waals surface area contributed by atoms with Crippen molar-refractivity contribution in [3.8, 4) is 5.75 Å². The van der Waals surface area contributed by atoms with E-state index >= 15 is 0 Å². The Morgan fingerprint density at radius 2 is 1.75 bits per heavy atom. The van der Waals surface area contributed by atoms with E-state index in [2.05, 4.69) is 19.1 Å². The predicted molar refractivity (Wildman–Crippen MR) is 71.3 cm³/mol. The summed E-state index contributed by atoms with van der Waals surface area (Å²) < 4.78 is 5.57. The van der Waals surface area contributed by atoms with Gasteiger partial charge in [0.15, 0.2) is 0 Å². The molecule has 0 saturated carbocycles. The molecule has 1 aromatic carbocycles. The number of halogens is 1. The smallest absolute Gasteiger partial charge is 0.119 e. The fourth-order valence-electron chi connectivity index (χ4n) is 1.54. The highest BCUT2D eigenvalue weighted by Crippen LogP contribution is 2.19. The summed E-state index contributed by atoms with van der Waals surface area (Å²) >= 11 is 0. The zero-order chi connectivity index (χ0) is 11.3. The highest BCUT2D eigenvalue weighted by atomic mass is 35.5. The average molecular weight is 244 g/mol. The summed E-state index contributed by atoms with van der Waals surface area (Å²) in [6.45, 7) is 6.20. The van der Waals surface area contributed by atoms with Crippen LogP contribution in [0.4, 0.5) is 0 Å². The summed E-state index contributed by atoms with van der Waals surface area (Å²) in [5.74, 6) is 0.914. The van der Waals surface area contributed by atoms with Gasteiger partial charge in [-0.1, -0.05) is 25.5 Å². The second kappa shape index (κ2) is 7.53. The second-order valence-corrected chi connectivity index (χ2v) is 4.13. The number of hydrogen-bond acceptors (Lipinski definition) is 2. The van der Waals surface area contributed by atoms with Gasteiger partial charge < -0.3 is 10.5 Å². The first kappa shape index (κ1) is 15.3. The molecular weight excluding hydrogens is 222 g/mol. The summed E-state index contributed by atoms with van der Waals surface area (Å²) in [6, 6.07) is 8.24. The maximum Gasteiger partial charge on any atom is 0.119 e. The summed E-state index contributed by atoms with van der Waals surface area (Å²) in [7, 11) is 0. The molecule has 0 heterocycles. The van der Waals surface area contributed by atoms with E-state index in [0.29, 0.717) is 0 Å². The first-order valence-electron chi connectivity index (χ1n) is 5.65. The standard InChI is InChI=1S/C13H21NO.ClH/c1-4-5-13(14)11-6-8-12(9-7-11)15-10(2)3;/h6-10,13H,4-5,14H2,1-3H3;1H/t13-;/m0./s1. The van der Waals surface area contributed by atoms with Gasteiger partial charge in [-0.3, -0.25) is 0 Å². The van der Waals surface area contributed by atoms with Crippen LogP contribution in [0.25, 0.3) is 0 Å². The molecule has 0 aromatic heterocycles. The van der Waals surface area contributed by atoms with E-state index < -0.39 is 0 Å². The van der Waals surface area contributed by atoms with Crippen molar-refractivity contribution in [2.24, 2.45) is 5.73 Å². The molecule has 0 fully saturated rings. The van der Waals surface area contributed by atoms with Crippen LogP contribution in [0.1, 0.15) is 45.2 Å². The molecule has 3 heteroatoms. The molecule has 2 nitrogen and oxygen atoms in total. The van der Waals surface area contributed by atoms with Crippen molar-refractivity contribution in [1.82, 2.24) is 0 Å². The molecular formula is C13H22ClNO. The van der Waals surface area contributed by atoms with Crippen molar-refractivity contribution in [3.63, 3.8) is 0 Å². The number of benzene rings is 1. The summed E-state index contributed by atoms with van der Waals surface area (Å²) in [5.41, 5.74) is 7.20. The maximum absolute atomic E-state index is 6.02. The molecule has 0 aliphatic heterocycles. The molecule has 0 saturated heterocycles. The Bertz CT molecular complexity index is 284. The van der Waals surface area contributed by atoms with Gasteiger partial charge in [-0.2, -0.15) is 0 Å². The normalized spacial score (nSPS) is 12.1. The fourth-order valence-corrected chi connectivity index (χ4v) is 1.54. The van der Waals surface area contributed by atoms with Crippen molar-refractivity contribution >= 4 is 12.4 Å². The lowest BCUT2D eigenvalue weighted by Gasteiger charge is -2.13. The number of ether oxygens (including phenoxy) is 1. The Hall–Kier alpha value is -0.730. The summed E-state index contributed by atoms with van der Waals surface area (Å²) in [6.07, 6.45) is 2.37. The van der Waals surface area contributed by atoms with Crippen LogP contribution < -0.4 is 10.5 Å². The van der Waals surface area contributed by atoms with Crippen LogP contribution in [0.5, 0.6) is 5.75 Å². The van der Waals surface area contributed by atoms with Gasteiger partial charge >= 0.3 is 0 Å². The largest absolute Gasteiger partial charge is 0.491 e. The van der Waals surface area contributed by atoms with Crippen LogP contribution >= 0.6 is 12.4 Å². The second-order valence-electron chi connectivity index (χ2n) is 4.13. The van der Waals surface area contributed by atoms with Crippen LogP contribution in [0.2, 0.25) is 0 Å². The molecule has 0 aliphatic rings. The molecule has 0 amide bonds. The first-order chi connectivity index (χ1) is 7.13. The van der Waals surface area contributed by atoms with Crippen LogP contribution in [0.3, 0.4) is 0 Å². The van der Waals surface area contributed by atoms with Crippen molar-refractivity contribution in [2.75, 3.05) is 0 Å². The average Bonchev–Trinajstić information content (AvgIpc) is 2.18. The van der Waals surface area contributed by atoms with E-state index in [-0.39, 0.29) is 24.6 Å². The summed E-state index contributed by atoms with van der Waals surface area (Å²) in [5, 5.41) is 0. The Balaban J connectivity index is 0.00000225. The van der Waals surface area contributed by atoms with E-state index in [1.165, 1.54) is 5.56 Å². The lowest BCUT2D eigenvalue weighted by Crippen LogP contribution is -2.10. The van der Waals surface area contributed by atoms with Gasteiger partial charge in [0.05, 0.1) is 6.10 Å². The predicted octanol–water partition coefficient (Wildman–Crippen LogP) is 3.70. The minimum Gasteiger partial charge on any atom is -0.491 e. The maximum atomic E-state index is 6.02. The molecule has 1 aromatic rings. The highest BCUT2D eigenvalue weighted by molar-refractivity contribution is 5.85. The minimum atomic E-state index is 0. The highest BCUT2D eigenvalue weighted by Gasteiger charge is 2.04. The van der Waals surface area contributed by atoms with Gasteiger partial charge in [0, 0.05) is 6.04 Å². The van der Waals surface area contributed by atoms with Crippen molar-refractivity contribution < 1.29 is 4.74 Å². The van der Waals surface area contributed by atoms with Crippen molar-refractivity contribution in [2.45, 2.75) is 45.8 Å². The lowest BCUT2D eigenvalue weighted by atomic mass is 10.0. The van der Waals surface area contributed by atoms with Gasteiger partial charge in [-0.05, 0) is 38.0 Å². The Kier molecular flexibility index (Phi) is 7.18. The molecule has 2 N–H and O–H groups in total. The van der Waals surface area contributed by atoms with Gasteiger partial charge in [-0.15, -0.1) is 12.4 Å². The molecule has 0 bridgehead atoms. The molecule has 16 heavy (non-hydrogen) atoms. The topological polar surface area (TPSA) is 35.2 Å². The molecule has 0 aliphatic carbocycles. The van der Waals surface area contributed by atoms with Crippen LogP contribution in [-0.4, -0.2) is 6.10 Å². The Labute approximate surface area is 105 Å². The fraction of sp³-hybridized carbons (Fsp3) is 0.538. The Morgan fingerprint density at radius 1 is 1.19 bits per heavy atom. The Morgan fingerprint density at radius 3 is 2.19 bits per heavy atom. The third-order valence-corrected chi connectivity index (χ3v) is 2.28. The number of nitrogens with two attached hydrogens (primary N) is 1. The lowest BCUT2D eigenvalue weighted by molar-refractivity contribution is 0.242. The molecule has 0 unspecified atom stereocenters. The molecule has 1 rings (SSSR count). The molecule has 0 radical (unpaired) electrons. The SMILES string of the molecule is CCC[C@H](N)c1ccc(OC(C)C)cc1.Cl. The van der Waals surface area contributed by atoms with Crippen LogP contribution in [0, 0.1) is 0 Å². The molecule has 1 atom stereocenters. The van der Waals surface area contributed by atoms with Crippen molar-refractivity contribution in [3.05, 3.63) is 29.8 Å². The molecule has 92 valence electrons. The van der Waals surface area contributed by atoms with Gasteiger partial charge in [0.2, 0.25) is 0 Å². The number of rotatable bonds is 5. The van der Waals surface area contributed by atoms with Crippen LogP contribution in [0.15, 0.2) is 24.3 Å². The quantitative estimate of drug-likeness (QED) is 0.856. The minimum absolute atomic E-state index is 0. The van der Waals surface area contributed by atoms with Crippen LogP contribution in [-0.2, 0) is 0 Å². The monoisotopic (exact) mass is 243 g/mol. The van der Waals surface area contributed by atoms with E-state index in [0.717, 1.165) is 18.6 Å². The first-order valence-corrected chi connectivity index (χ1v) is 5.65. The van der Waals surface area contributed by atoms with Gasteiger partial charge in [0.25, 0.3) is 0 Å². The van der Waals surface area contributed by atoms with E-state index in [1.54, 1.807) is 0 Å². The zero-order valence-corrected chi connectivity index (χ0v) is 11.1. The van der Waals surface area contributed by atoms with E-state index in [9.17, 15) is 0 Å². The zero-order valence-electron chi connectivity index (χ0n) is 10.3. The third-order valence-electron chi connectivity index (χ3n) is 2.28. The summed E-state index contributed by atoms with van der Waals surface area (Å²) in [4.78, 5) is 0. The number of hydrogen-bond donors (Lipinski definition) is 1. The molecule has 0 spiro atoms. The van der Waals surface area contributed by atoms with E-state index in [4.69, 9.17) is 10.5 Å². The van der Waals surface area contributed by atoms with Crippen molar-refractivity contribution in [1.29, 1.82) is 0 Å². The van der Waals surface area contributed by atoms with Gasteiger partial charge in [-0.25, -0.2) is 0 Å². The third kappa shape index (κ3) is 4.86. The van der Waals surface area contributed by atoms with Gasteiger partial charge in [0.1, 0.15) is 5.75 Å². The van der Waals surface area contributed by atoms with E-state index in [1.807, 2.05) is 26.0 Å².